The molecule has 0 unspecified atom stereocenters. The van der Waals surface area contributed by atoms with E-state index >= 15 is 0 Å². The first-order valence-electron chi connectivity index (χ1n) is 3.36. The molecule has 0 aliphatic rings. The lowest BCUT2D eigenvalue weighted by atomic mass is 10.3. The maximum absolute atomic E-state index is 8.49. The van der Waals surface area contributed by atoms with Crippen molar-refractivity contribution in [1.82, 2.24) is 0 Å². The first-order chi connectivity index (χ1) is 6.33. The van der Waals surface area contributed by atoms with Crippen molar-refractivity contribution >= 4 is 0 Å². The Balaban J connectivity index is 0.000000292. The van der Waals surface area contributed by atoms with E-state index in [-0.39, 0.29) is 0 Å². The van der Waals surface area contributed by atoms with E-state index in [2.05, 4.69) is 5.92 Å². The summed E-state index contributed by atoms with van der Waals surface area (Å²) in [6.45, 7) is 0. The van der Waals surface area contributed by atoms with Gasteiger partial charge in [-0.15, -0.1) is 16.7 Å². The van der Waals surface area contributed by atoms with Crippen LogP contribution in [-0.4, -0.2) is 0 Å². The summed E-state index contributed by atoms with van der Waals surface area (Å²) in [4.78, 5) is 0. The van der Waals surface area contributed by atoms with E-state index in [1.165, 1.54) is 0 Å². The molecule has 0 atom stereocenters. The van der Waals surface area contributed by atoms with Gasteiger partial charge in [0.05, 0.1) is 0 Å². The molecule has 0 radical (unpaired) electrons. The number of hydrogen-bond acceptors (Lipinski definition) is 4. The summed E-state index contributed by atoms with van der Waals surface area (Å²) in [7, 11) is -2.99. The maximum atomic E-state index is 8.49. The van der Waals surface area contributed by atoms with Crippen LogP contribution < -0.4 is 23.2 Å². The maximum Gasteiger partial charge on any atom is 0.169 e. The number of rotatable bonds is 0. The van der Waals surface area contributed by atoms with E-state index in [4.69, 9.17) is 25.1 Å². The van der Waals surface area contributed by atoms with E-state index in [0.29, 0.717) is 0 Å². The monoisotopic (exact) mass is 217 g/mol. The lowest BCUT2D eigenvalue weighted by Gasteiger charge is -2.17. The second kappa shape index (κ2) is 5.54. The third-order valence-corrected chi connectivity index (χ3v) is 1.15. The van der Waals surface area contributed by atoms with Gasteiger partial charge in [-0.2, -0.15) is 0 Å². The average Bonchev–Trinajstić information content (AvgIpc) is 2.03. The van der Waals surface area contributed by atoms with Gasteiger partial charge in [-0.3, -0.25) is 0 Å². The van der Waals surface area contributed by atoms with Gasteiger partial charge in [0.15, 0.2) is 12.4 Å². The molecular weight excluding hydrogens is 210 g/mol. The van der Waals surface area contributed by atoms with E-state index in [1.807, 2.05) is 36.1 Å². The molecule has 1 aromatic rings. The second-order valence-electron chi connectivity index (χ2n) is 2.27. The molecule has 1 rings (SSSR count). The molecule has 0 aliphatic heterocycles. The molecule has 0 N–H and O–H groups in total. The molecule has 76 valence electrons. The molecule has 0 aliphatic carbocycles. The number of nitrogens with zero attached hydrogens (tertiary/aromatic N) is 1. The number of aryl methyl sites for hydroxylation is 1. The first kappa shape index (κ1) is 12.8. The highest BCUT2D eigenvalue weighted by atomic mass is 35.7. The van der Waals surface area contributed by atoms with Gasteiger partial charge >= 0.3 is 0 Å². The normalized spacial score (nSPS) is 9.71. The van der Waals surface area contributed by atoms with Crippen molar-refractivity contribution in [2.45, 2.75) is 0 Å². The van der Waals surface area contributed by atoms with E-state index in [0.717, 1.165) is 5.56 Å². The molecule has 0 saturated heterocycles. The van der Waals surface area contributed by atoms with Gasteiger partial charge in [0.1, 0.15) is 7.05 Å². The largest absolute Gasteiger partial charge is 0.222 e. The molecule has 0 fully saturated rings. The Morgan fingerprint density at radius 2 is 1.57 bits per heavy atom. The van der Waals surface area contributed by atoms with Crippen LogP contribution in [0.1, 0.15) is 5.56 Å². The minimum absolute atomic E-state index is 0.924. The van der Waals surface area contributed by atoms with Gasteiger partial charge in [-0.25, -0.2) is 23.2 Å². The van der Waals surface area contributed by atoms with Crippen LogP contribution in [-0.2, 0) is 7.05 Å². The molecule has 0 aromatic carbocycles. The molecule has 0 amide bonds. The summed E-state index contributed by atoms with van der Waals surface area (Å²) in [6.07, 6.45) is 8.99. The summed E-state index contributed by atoms with van der Waals surface area (Å²) in [6, 6.07) is 3.81. The molecule has 0 saturated carbocycles. The Morgan fingerprint density at radius 3 is 1.86 bits per heavy atom. The summed E-state index contributed by atoms with van der Waals surface area (Å²) >= 11 is 0. The molecular formula is C8H8ClNO4. The van der Waals surface area contributed by atoms with Crippen molar-refractivity contribution in [2.24, 2.45) is 7.05 Å². The Bertz CT molecular complexity index is 306. The third kappa shape index (κ3) is 8.93. The standard InChI is InChI=1S/C8H8N.ClHO4/c1-3-8-4-6-9(2)7-5-8;2-1(3,4)5/h1,4-7H,2H3;(H,2,3,4,5)/q+1;/p-1. The lowest BCUT2D eigenvalue weighted by molar-refractivity contribution is -2.00. The van der Waals surface area contributed by atoms with Crippen molar-refractivity contribution in [3.63, 3.8) is 0 Å². The lowest BCUT2D eigenvalue weighted by Crippen LogP contribution is -2.68. The molecule has 0 spiro atoms. The van der Waals surface area contributed by atoms with Crippen LogP contribution in [0.2, 0.25) is 0 Å². The number of terminal acetylenes is 1. The molecule has 0 bridgehead atoms. The zero-order valence-electron chi connectivity index (χ0n) is 7.34. The van der Waals surface area contributed by atoms with Gasteiger partial charge < -0.3 is 0 Å². The Hall–Kier alpha value is -1.16. The third-order valence-electron chi connectivity index (χ3n) is 1.15. The number of aromatic nitrogens is 1. The fraction of sp³-hybridized carbons (Fsp3) is 0.125. The highest BCUT2D eigenvalue weighted by molar-refractivity contribution is 5.27. The predicted molar refractivity (Wildman–Crippen MR) is 35.6 cm³/mol. The van der Waals surface area contributed by atoms with Crippen LogP contribution in [0.15, 0.2) is 24.5 Å². The van der Waals surface area contributed by atoms with Gasteiger partial charge in [0.2, 0.25) is 0 Å². The fourth-order valence-corrected chi connectivity index (χ4v) is 0.597. The number of pyridine rings is 1. The van der Waals surface area contributed by atoms with Crippen LogP contribution >= 0.6 is 0 Å². The van der Waals surface area contributed by atoms with Crippen molar-refractivity contribution in [3.8, 4) is 12.3 Å². The van der Waals surface area contributed by atoms with Crippen molar-refractivity contribution < 1.29 is 33.4 Å². The van der Waals surface area contributed by atoms with E-state index in [1.54, 1.807) is 0 Å². The first-order valence-corrected chi connectivity index (χ1v) is 4.60. The van der Waals surface area contributed by atoms with Crippen LogP contribution in [0.4, 0.5) is 0 Å². The van der Waals surface area contributed by atoms with Crippen LogP contribution in [0.5, 0.6) is 0 Å². The van der Waals surface area contributed by atoms with Gasteiger partial charge in [-0.05, 0) is 0 Å². The van der Waals surface area contributed by atoms with Gasteiger partial charge in [-0.1, -0.05) is 5.92 Å². The minimum atomic E-state index is -4.94. The minimum Gasteiger partial charge on any atom is -0.222 e. The van der Waals surface area contributed by atoms with Crippen LogP contribution in [0.25, 0.3) is 0 Å². The smallest absolute Gasteiger partial charge is 0.169 e. The van der Waals surface area contributed by atoms with E-state index < -0.39 is 10.2 Å². The summed E-state index contributed by atoms with van der Waals surface area (Å²) in [5.74, 6) is 2.54. The zero-order chi connectivity index (χ0) is 11.2. The van der Waals surface area contributed by atoms with Gasteiger partial charge in [0.25, 0.3) is 0 Å². The van der Waals surface area contributed by atoms with Crippen LogP contribution in [0, 0.1) is 22.6 Å². The van der Waals surface area contributed by atoms with Crippen LogP contribution in [0.3, 0.4) is 0 Å². The van der Waals surface area contributed by atoms with E-state index in [9.17, 15) is 0 Å². The van der Waals surface area contributed by atoms with Gasteiger partial charge in [0, 0.05) is 17.7 Å². The Kier molecular flexibility index (Phi) is 5.09. The van der Waals surface area contributed by atoms with Crippen molar-refractivity contribution in [3.05, 3.63) is 30.1 Å². The number of hydrogen-bond donors (Lipinski definition) is 0. The molecule has 6 heteroatoms. The SMILES string of the molecule is C#Cc1cc[n+](C)cc1.[O-][Cl+3]([O-])([O-])[O-]. The Morgan fingerprint density at radius 1 is 1.21 bits per heavy atom. The highest BCUT2D eigenvalue weighted by Crippen LogP contribution is 1.88. The molecule has 14 heavy (non-hydrogen) atoms. The quantitative estimate of drug-likeness (QED) is 0.325. The number of halogens is 1. The zero-order valence-corrected chi connectivity index (χ0v) is 8.10. The second-order valence-corrected chi connectivity index (χ2v) is 3.03. The Labute approximate surface area is 83.6 Å². The highest BCUT2D eigenvalue weighted by Gasteiger charge is 1.88. The fourth-order valence-electron chi connectivity index (χ4n) is 0.597. The summed E-state index contributed by atoms with van der Waals surface area (Å²) in [5, 5.41) is 0. The predicted octanol–water partition coefficient (Wildman–Crippen LogP) is -4.26. The summed E-state index contributed by atoms with van der Waals surface area (Å²) < 4.78 is 35.9. The topological polar surface area (TPSA) is 96.1 Å². The average molecular weight is 218 g/mol. The summed E-state index contributed by atoms with van der Waals surface area (Å²) in [5.41, 5.74) is 0.924. The molecule has 5 nitrogen and oxygen atoms in total. The van der Waals surface area contributed by atoms with Crippen molar-refractivity contribution in [1.29, 1.82) is 0 Å². The van der Waals surface area contributed by atoms with Crippen molar-refractivity contribution in [2.75, 3.05) is 0 Å². The molecule has 1 heterocycles. The molecule has 1 aromatic heterocycles.